The molecule has 1 aromatic carbocycles. The molecule has 0 saturated carbocycles. The molecule has 18 nitrogen and oxygen atoms in total. The lowest BCUT2D eigenvalue weighted by atomic mass is 9.74. The van der Waals surface area contributed by atoms with E-state index >= 15 is 0 Å². The number of β-lactam (4-membered cyclic amide) rings is 1. The monoisotopic (exact) mass is 753 g/mol. The minimum Gasteiger partial charge on any atom is -0.490 e. The lowest BCUT2D eigenvalue weighted by molar-refractivity contribution is -0.784. The van der Waals surface area contributed by atoms with Gasteiger partial charge in [0.25, 0.3) is 5.91 Å². The van der Waals surface area contributed by atoms with Crippen molar-refractivity contribution in [3.63, 3.8) is 0 Å². The number of rotatable bonds is 17. The molecular formula is C30H38FN8O10S2+. The van der Waals surface area contributed by atoms with Gasteiger partial charge in [-0.25, -0.2) is 9.37 Å². The number of thiazole rings is 1. The van der Waals surface area contributed by atoms with Gasteiger partial charge in [-0.2, -0.15) is 27.8 Å². The van der Waals surface area contributed by atoms with Gasteiger partial charge in [0.05, 0.1) is 29.8 Å². The molecule has 2 aliphatic rings. The van der Waals surface area contributed by atoms with Crippen molar-refractivity contribution in [1.82, 2.24) is 20.0 Å². The summed E-state index contributed by atoms with van der Waals surface area (Å²) >= 11 is 1.08. The summed E-state index contributed by atoms with van der Waals surface area (Å²) in [7, 11) is -4.93. The Kier molecular flexibility index (Phi) is 12.7. The van der Waals surface area contributed by atoms with Crippen molar-refractivity contribution in [1.29, 1.82) is 0 Å². The van der Waals surface area contributed by atoms with Gasteiger partial charge < -0.3 is 26.4 Å². The number of nitrogens with zero attached hydrogens (tertiary/aromatic N) is 5. The molecule has 21 heteroatoms. The smallest absolute Gasteiger partial charge is 0.418 e. The third-order valence-corrected chi connectivity index (χ3v) is 9.09. The van der Waals surface area contributed by atoms with Crippen molar-refractivity contribution in [2.45, 2.75) is 51.0 Å². The van der Waals surface area contributed by atoms with Crippen LogP contribution in [0.15, 0.2) is 47.2 Å². The first kappa shape index (κ1) is 39.2. The minimum absolute atomic E-state index is 0.0359. The summed E-state index contributed by atoms with van der Waals surface area (Å²) in [6, 6.07) is 7.39. The average Bonchev–Trinajstić information content (AvgIpc) is 3.67. The first-order valence-electron chi connectivity index (χ1n) is 15.5. The zero-order valence-corrected chi connectivity index (χ0v) is 29.3. The number of amides is 1. The van der Waals surface area contributed by atoms with Gasteiger partial charge in [0.1, 0.15) is 18.1 Å². The Balaban J connectivity index is 0.00000188. The van der Waals surface area contributed by atoms with Gasteiger partial charge in [0.15, 0.2) is 28.9 Å². The molecule has 6 N–H and O–H groups in total. The summed E-state index contributed by atoms with van der Waals surface area (Å²) in [4.78, 5) is 51.5. The molecule has 2 saturated heterocycles. The number of ether oxygens (including phenoxy) is 1. The number of ketones is 1. The zero-order valence-electron chi connectivity index (χ0n) is 27.7. The van der Waals surface area contributed by atoms with Gasteiger partial charge in [0.2, 0.25) is 12.7 Å². The predicted octanol–water partition coefficient (Wildman–Crippen LogP) is 0.288. The normalized spacial score (nSPS) is 17.7. The highest BCUT2D eigenvalue weighted by molar-refractivity contribution is 7.80. The van der Waals surface area contributed by atoms with Gasteiger partial charge in [-0.1, -0.05) is 17.3 Å². The minimum atomic E-state index is -4.93. The number of hydrogen-bond donors (Lipinski definition) is 4. The molecule has 2 fully saturated rings. The molecule has 51 heavy (non-hydrogen) atoms. The number of nitrogen functional groups attached to an aromatic ring is 1. The fourth-order valence-electron chi connectivity index (χ4n) is 5.37. The number of hydrogen-bond acceptors (Lipinski definition) is 15. The van der Waals surface area contributed by atoms with Crippen molar-refractivity contribution in [3.05, 3.63) is 47.7 Å². The highest BCUT2D eigenvalue weighted by Gasteiger charge is 2.57. The Morgan fingerprint density at radius 2 is 1.92 bits per heavy atom. The predicted molar refractivity (Wildman–Crippen MR) is 177 cm³/mol. The number of hydroxylamine groups is 2. The maximum atomic E-state index is 14.8. The van der Waals surface area contributed by atoms with Gasteiger partial charge in [-0.15, -0.1) is 20.3 Å². The van der Waals surface area contributed by atoms with E-state index in [0.29, 0.717) is 37.0 Å². The molecule has 1 amide bonds. The number of aryl methyl sites for hydroxylation is 1. The Morgan fingerprint density at radius 1 is 1.24 bits per heavy atom. The number of nitrogens with two attached hydrogens (primary N) is 2. The van der Waals surface area contributed by atoms with Crippen LogP contribution >= 0.6 is 11.3 Å². The Labute approximate surface area is 296 Å². The molecule has 5 rings (SSSR count). The van der Waals surface area contributed by atoms with Gasteiger partial charge >= 0.3 is 16.6 Å². The van der Waals surface area contributed by atoms with Crippen molar-refractivity contribution in [2.24, 2.45) is 16.8 Å². The van der Waals surface area contributed by atoms with E-state index in [1.54, 1.807) is 12.1 Å². The Morgan fingerprint density at radius 3 is 2.47 bits per heavy atom. The van der Waals surface area contributed by atoms with Crippen LogP contribution in [0.5, 0.6) is 5.75 Å². The van der Waals surface area contributed by atoms with E-state index in [2.05, 4.69) is 19.7 Å². The van der Waals surface area contributed by atoms with Crippen LogP contribution < -0.4 is 26.2 Å². The van der Waals surface area contributed by atoms with E-state index in [-0.39, 0.29) is 48.9 Å². The van der Waals surface area contributed by atoms with Crippen molar-refractivity contribution >= 4 is 50.4 Å². The molecule has 0 bridgehead atoms. The lowest BCUT2D eigenvalue weighted by Gasteiger charge is -2.50. The standard InChI is InChI=1S/C29H37FN8O8S2.CO2/c1-28(2)22(26(40)38(28)46-48(41,42)43)12-24(39)25(23-15-47-27(32)34-23)35-45-11-10-44-21-6-4-19(5-7-21)20-13-36(9-3-8-31)37(14-20)18-29(30)16-33-17-29;2-1-3/h4-7,13-15,22,33H,3,8-12,16-18,31H2,1-2H3,(H2-,32,34,41,42,43);/p+1/b35-25-;/t22-;/m1./s1. The van der Waals surface area contributed by atoms with Gasteiger partial charge in [0, 0.05) is 24.9 Å². The molecule has 1 atom stereocenters. The highest BCUT2D eigenvalue weighted by Crippen LogP contribution is 2.40. The highest BCUT2D eigenvalue weighted by atomic mass is 32.3. The second kappa shape index (κ2) is 16.6. The van der Waals surface area contributed by atoms with Gasteiger partial charge in [-0.3, -0.25) is 14.1 Å². The summed E-state index contributed by atoms with van der Waals surface area (Å²) in [5, 5.41) is 9.16. The number of aromatic nitrogens is 3. The first-order valence-corrected chi connectivity index (χ1v) is 17.7. The summed E-state index contributed by atoms with van der Waals surface area (Å²) < 4.78 is 60.0. The number of Topliss-reactive ketones (excluding diaryl/α,β-unsaturated/α-hetero) is 1. The van der Waals surface area contributed by atoms with Crippen molar-refractivity contribution in [3.8, 4) is 16.9 Å². The van der Waals surface area contributed by atoms with E-state index in [1.807, 2.05) is 33.9 Å². The van der Waals surface area contributed by atoms with Crippen LogP contribution in [0.2, 0.25) is 0 Å². The number of oxime groups is 1. The van der Waals surface area contributed by atoms with Crippen molar-refractivity contribution < 1.29 is 55.1 Å². The first-order chi connectivity index (χ1) is 24.1. The fraction of sp³-hybridized carbons (Fsp3) is 0.467. The largest absolute Gasteiger partial charge is 0.490 e. The molecule has 0 spiro atoms. The number of anilines is 1. The zero-order chi connectivity index (χ0) is 37.4. The number of nitrogens with one attached hydrogen (secondary N) is 1. The topological polar surface area (TPSA) is 252 Å². The Hall–Kier alpha value is -4.63. The Bertz CT molecular complexity index is 1870. The van der Waals surface area contributed by atoms with Crippen molar-refractivity contribution in [2.75, 3.05) is 38.6 Å². The van der Waals surface area contributed by atoms with Crippen LogP contribution in [0.25, 0.3) is 11.1 Å². The molecule has 4 heterocycles. The average molecular weight is 754 g/mol. The second-order valence-electron chi connectivity index (χ2n) is 12.1. The molecule has 0 unspecified atom stereocenters. The summed E-state index contributed by atoms with van der Waals surface area (Å²) in [6.07, 6.45) is 4.57. The van der Waals surface area contributed by atoms with Gasteiger partial charge in [-0.05, 0) is 44.5 Å². The van der Waals surface area contributed by atoms with Crippen LogP contribution in [-0.2, 0) is 51.8 Å². The molecule has 0 aliphatic carbocycles. The molecule has 3 aromatic rings. The second-order valence-corrected chi connectivity index (χ2v) is 14.0. The van der Waals surface area contributed by atoms with E-state index < -0.39 is 39.2 Å². The lowest BCUT2D eigenvalue weighted by Crippen LogP contribution is -2.68. The van der Waals surface area contributed by atoms with E-state index in [4.69, 9.17) is 35.2 Å². The van der Waals surface area contributed by atoms with Crippen LogP contribution in [0, 0.1) is 5.92 Å². The van der Waals surface area contributed by atoms with Crippen LogP contribution in [0.4, 0.5) is 9.52 Å². The quantitative estimate of drug-likeness (QED) is 0.0361. The number of alkyl halides is 1. The molecule has 2 aliphatic heterocycles. The summed E-state index contributed by atoms with van der Waals surface area (Å²) in [5.41, 5.74) is 10.8. The molecular weight excluding hydrogens is 716 g/mol. The maximum Gasteiger partial charge on any atom is 0.418 e. The van der Waals surface area contributed by atoms with Crippen LogP contribution in [0.3, 0.4) is 0 Å². The molecule has 0 radical (unpaired) electrons. The van der Waals surface area contributed by atoms with Crippen LogP contribution in [0.1, 0.15) is 32.4 Å². The van der Waals surface area contributed by atoms with E-state index in [1.165, 1.54) is 19.2 Å². The molecule has 276 valence electrons. The number of carbonyl (C=O) groups is 2. The third kappa shape index (κ3) is 10.0. The maximum absolute atomic E-state index is 14.8. The van der Waals surface area contributed by atoms with E-state index in [0.717, 1.165) is 28.9 Å². The van der Waals surface area contributed by atoms with Crippen LogP contribution in [-0.4, -0.2) is 95.3 Å². The summed E-state index contributed by atoms with van der Waals surface area (Å²) in [5.74, 6) is -1.80. The van der Waals surface area contributed by atoms with E-state index in [9.17, 15) is 22.4 Å². The SMILES string of the molecule is CC1(C)[C@H](CC(=O)/C(=N\OCCOc2ccc(-c3cn(CCCN)[n+](CC4(F)CNC4)c3)cc2)c2csc(N)n2)C(=O)N1OS(=O)(=O)O.O=C=O. The fourth-order valence-corrected chi connectivity index (χ4v) is 6.37. The number of halogens is 1. The third-order valence-electron chi connectivity index (χ3n) is 8.07. The number of benzene rings is 1. The number of carbonyl (C=O) groups excluding carboxylic acids is 4. The summed E-state index contributed by atoms with van der Waals surface area (Å²) in [6.45, 7) is 5.13. The molecule has 2 aromatic heterocycles.